The van der Waals surface area contributed by atoms with E-state index in [4.69, 9.17) is 10.4 Å². The highest BCUT2D eigenvalue weighted by Crippen LogP contribution is 2.25. The molecular formula is C14H7BrN4O2. The van der Waals surface area contributed by atoms with Crippen molar-refractivity contribution in [1.82, 2.24) is 15.0 Å². The van der Waals surface area contributed by atoms with Crippen molar-refractivity contribution in [3.63, 3.8) is 0 Å². The van der Waals surface area contributed by atoms with E-state index in [-0.39, 0.29) is 5.56 Å². The fourth-order valence-electron chi connectivity index (χ4n) is 1.98. The number of carboxylic acid groups (broad SMARTS) is 1. The number of fused-ring (bicyclic) bond motifs is 1. The van der Waals surface area contributed by atoms with Crippen LogP contribution in [0.5, 0.6) is 0 Å². The second-order valence-corrected chi connectivity index (χ2v) is 5.14. The molecule has 0 amide bonds. The Morgan fingerprint density at radius 3 is 2.76 bits per heavy atom. The Morgan fingerprint density at radius 1 is 1.29 bits per heavy atom. The molecule has 0 fully saturated rings. The van der Waals surface area contributed by atoms with Gasteiger partial charge in [0.25, 0.3) is 0 Å². The molecule has 0 atom stereocenters. The number of hydrogen-bond donors (Lipinski definition) is 1. The largest absolute Gasteiger partial charge is 0.478 e. The lowest BCUT2D eigenvalue weighted by atomic mass is 10.2. The number of halogens is 1. The van der Waals surface area contributed by atoms with Crippen LogP contribution in [-0.4, -0.2) is 26.1 Å². The standard InChI is InChI=1S/C14H7BrN4O2/c15-10-5-8(7-16)1-3-12(10)19-13-4-2-9(14(20)21)6-11(13)17-18-19/h1-6H,(H,20,21). The van der Waals surface area contributed by atoms with Gasteiger partial charge in [-0.2, -0.15) is 5.26 Å². The fraction of sp³-hybridized carbons (Fsp3) is 0. The zero-order valence-electron chi connectivity index (χ0n) is 10.5. The van der Waals surface area contributed by atoms with E-state index in [0.717, 1.165) is 5.69 Å². The molecule has 7 heteroatoms. The molecule has 102 valence electrons. The van der Waals surface area contributed by atoms with Crippen molar-refractivity contribution in [3.05, 3.63) is 52.0 Å². The normalized spacial score (nSPS) is 10.5. The third-order valence-electron chi connectivity index (χ3n) is 3.00. The monoisotopic (exact) mass is 342 g/mol. The van der Waals surface area contributed by atoms with Crippen molar-refractivity contribution >= 4 is 32.9 Å². The smallest absolute Gasteiger partial charge is 0.335 e. The van der Waals surface area contributed by atoms with Crippen molar-refractivity contribution in [3.8, 4) is 11.8 Å². The Bertz CT molecular complexity index is 911. The van der Waals surface area contributed by atoms with E-state index < -0.39 is 5.97 Å². The number of hydrogen-bond acceptors (Lipinski definition) is 4. The summed E-state index contributed by atoms with van der Waals surface area (Å²) < 4.78 is 2.29. The summed E-state index contributed by atoms with van der Waals surface area (Å²) in [6.07, 6.45) is 0. The van der Waals surface area contributed by atoms with Crippen molar-refractivity contribution in [1.29, 1.82) is 5.26 Å². The zero-order valence-corrected chi connectivity index (χ0v) is 12.1. The van der Waals surface area contributed by atoms with E-state index in [1.54, 1.807) is 28.9 Å². The molecule has 3 rings (SSSR count). The second-order valence-electron chi connectivity index (χ2n) is 4.29. The van der Waals surface area contributed by atoms with Crippen LogP contribution in [0.2, 0.25) is 0 Å². The number of carbonyl (C=O) groups is 1. The molecule has 6 nitrogen and oxygen atoms in total. The van der Waals surface area contributed by atoms with Crippen LogP contribution in [0.25, 0.3) is 16.7 Å². The van der Waals surface area contributed by atoms with Gasteiger partial charge in [-0.3, -0.25) is 0 Å². The molecule has 1 N–H and O–H groups in total. The molecule has 0 spiro atoms. The average molecular weight is 343 g/mol. The minimum atomic E-state index is -1.01. The Hall–Kier alpha value is -2.72. The third-order valence-corrected chi connectivity index (χ3v) is 3.63. The third kappa shape index (κ3) is 2.26. The lowest BCUT2D eigenvalue weighted by Crippen LogP contribution is -1.99. The Kier molecular flexibility index (Phi) is 3.16. The van der Waals surface area contributed by atoms with Gasteiger partial charge < -0.3 is 5.11 Å². The summed E-state index contributed by atoms with van der Waals surface area (Å²) in [5.74, 6) is -1.01. The predicted octanol–water partition coefficient (Wildman–Crippen LogP) is 2.75. The summed E-state index contributed by atoms with van der Waals surface area (Å²) in [4.78, 5) is 11.0. The highest BCUT2D eigenvalue weighted by molar-refractivity contribution is 9.10. The second kappa shape index (κ2) is 5.00. The van der Waals surface area contributed by atoms with Crippen LogP contribution in [-0.2, 0) is 0 Å². The molecule has 21 heavy (non-hydrogen) atoms. The van der Waals surface area contributed by atoms with Gasteiger partial charge in [0.1, 0.15) is 5.52 Å². The molecule has 0 aliphatic rings. The number of aromatic carboxylic acids is 1. The van der Waals surface area contributed by atoms with Crippen molar-refractivity contribution in [2.24, 2.45) is 0 Å². The maximum absolute atomic E-state index is 11.0. The summed E-state index contributed by atoms with van der Waals surface area (Å²) in [5, 5.41) is 25.9. The van der Waals surface area contributed by atoms with Crippen LogP contribution >= 0.6 is 15.9 Å². The van der Waals surface area contributed by atoms with Crippen molar-refractivity contribution in [2.45, 2.75) is 0 Å². The van der Waals surface area contributed by atoms with Crippen LogP contribution in [0.15, 0.2) is 40.9 Å². The minimum Gasteiger partial charge on any atom is -0.478 e. The summed E-state index contributed by atoms with van der Waals surface area (Å²) in [6, 6.07) is 11.8. The number of rotatable bonds is 2. The quantitative estimate of drug-likeness (QED) is 0.772. The molecule has 0 saturated heterocycles. The Labute approximate surface area is 127 Å². The van der Waals surface area contributed by atoms with Gasteiger partial charge in [-0.1, -0.05) is 5.21 Å². The molecule has 3 aromatic rings. The molecule has 0 bridgehead atoms. The highest BCUT2D eigenvalue weighted by atomic mass is 79.9. The average Bonchev–Trinajstić information content (AvgIpc) is 2.89. The van der Waals surface area contributed by atoms with E-state index >= 15 is 0 Å². The van der Waals surface area contributed by atoms with Crippen LogP contribution < -0.4 is 0 Å². The zero-order chi connectivity index (χ0) is 15.0. The van der Waals surface area contributed by atoms with E-state index in [0.29, 0.717) is 21.1 Å². The molecule has 0 radical (unpaired) electrons. The summed E-state index contributed by atoms with van der Waals surface area (Å²) in [5.41, 5.74) is 2.59. The van der Waals surface area contributed by atoms with Crippen LogP contribution in [0.4, 0.5) is 0 Å². The van der Waals surface area contributed by atoms with Gasteiger partial charge in [-0.15, -0.1) is 5.10 Å². The topological polar surface area (TPSA) is 91.8 Å². The van der Waals surface area contributed by atoms with Crippen molar-refractivity contribution in [2.75, 3.05) is 0 Å². The molecule has 0 saturated carbocycles. The first-order valence-corrected chi connectivity index (χ1v) is 6.68. The van der Waals surface area contributed by atoms with Crippen molar-refractivity contribution < 1.29 is 9.90 Å². The first-order chi connectivity index (χ1) is 10.1. The summed E-state index contributed by atoms with van der Waals surface area (Å²) in [7, 11) is 0. The molecule has 0 aliphatic carbocycles. The molecular weight excluding hydrogens is 336 g/mol. The number of benzene rings is 2. The SMILES string of the molecule is N#Cc1ccc(-n2nnc3cc(C(=O)O)ccc32)c(Br)c1. The van der Waals surface area contributed by atoms with Gasteiger partial charge in [0.15, 0.2) is 0 Å². The molecule has 1 heterocycles. The van der Waals surface area contributed by atoms with Gasteiger partial charge in [0.05, 0.1) is 28.4 Å². The van der Waals surface area contributed by atoms with Crippen LogP contribution in [0.1, 0.15) is 15.9 Å². The van der Waals surface area contributed by atoms with Gasteiger partial charge in [0, 0.05) is 4.47 Å². The first-order valence-electron chi connectivity index (χ1n) is 5.89. The van der Waals surface area contributed by atoms with Gasteiger partial charge >= 0.3 is 5.97 Å². The molecule has 0 unspecified atom stereocenters. The Balaban J connectivity index is 2.18. The van der Waals surface area contributed by atoms with Gasteiger partial charge in [0.2, 0.25) is 0 Å². The number of nitriles is 1. The van der Waals surface area contributed by atoms with Crippen LogP contribution in [0.3, 0.4) is 0 Å². The van der Waals surface area contributed by atoms with Gasteiger partial charge in [-0.05, 0) is 52.3 Å². The molecule has 0 aliphatic heterocycles. The summed E-state index contributed by atoms with van der Waals surface area (Å²) >= 11 is 3.40. The van der Waals surface area contributed by atoms with E-state index in [1.165, 1.54) is 12.1 Å². The number of carboxylic acids is 1. The first kappa shape index (κ1) is 13.3. The van der Waals surface area contributed by atoms with Gasteiger partial charge in [-0.25, -0.2) is 9.48 Å². The number of nitrogens with zero attached hydrogens (tertiary/aromatic N) is 4. The Morgan fingerprint density at radius 2 is 2.10 bits per heavy atom. The lowest BCUT2D eigenvalue weighted by Gasteiger charge is -2.05. The summed E-state index contributed by atoms with van der Waals surface area (Å²) in [6.45, 7) is 0. The molecule has 2 aromatic carbocycles. The maximum Gasteiger partial charge on any atom is 0.335 e. The lowest BCUT2D eigenvalue weighted by molar-refractivity contribution is 0.0697. The minimum absolute atomic E-state index is 0.161. The van der Waals surface area contributed by atoms with E-state index in [9.17, 15) is 4.79 Å². The predicted molar refractivity (Wildman–Crippen MR) is 78.2 cm³/mol. The fourth-order valence-corrected chi connectivity index (χ4v) is 2.53. The maximum atomic E-state index is 11.0. The number of aromatic nitrogens is 3. The molecule has 1 aromatic heterocycles. The van der Waals surface area contributed by atoms with E-state index in [1.807, 2.05) is 0 Å². The highest BCUT2D eigenvalue weighted by Gasteiger charge is 2.12. The van der Waals surface area contributed by atoms with E-state index in [2.05, 4.69) is 32.3 Å². The van der Waals surface area contributed by atoms with Crippen LogP contribution in [0, 0.1) is 11.3 Å².